The maximum atomic E-state index is 11.8. The van der Waals surface area contributed by atoms with Crippen LogP contribution in [0.5, 0.6) is 0 Å². The molecule has 1 saturated carbocycles. The smallest absolute Gasteiger partial charge is 0.246 e. The van der Waals surface area contributed by atoms with Crippen LogP contribution in [-0.4, -0.2) is 11.9 Å². The van der Waals surface area contributed by atoms with Crippen LogP contribution in [0.1, 0.15) is 30.9 Å². The van der Waals surface area contributed by atoms with Gasteiger partial charge in [-0.15, -0.1) is 0 Å². The van der Waals surface area contributed by atoms with Gasteiger partial charge in [0, 0.05) is 22.3 Å². The molecule has 1 unspecified atom stereocenters. The van der Waals surface area contributed by atoms with Gasteiger partial charge in [0.25, 0.3) is 0 Å². The van der Waals surface area contributed by atoms with Crippen LogP contribution in [0, 0.1) is 0 Å². The average molecular weight is 237 g/mol. The molecule has 0 aromatic heterocycles. The fourth-order valence-corrected chi connectivity index (χ4v) is 2.38. The molecule has 16 heavy (non-hydrogen) atoms. The van der Waals surface area contributed by atoms with E-state index in [4.69, 9.17) is 11.6 Å². The van der Waals surface area contributed by atoms with E-state index in [1.807, 2.05) is 12.1 Å². The Hall–Kier alpha value is -1.06. The van der Waals surface area contributed by atoms with Crippen LogP contribution in [0.25, 0.3) is 0 Å². The van der Waals surface area contributed by atoms with Crippen molar-refractivity contribution in [1.82, 2.24) is 5.32 Å². The Balaban J connectivity index is 1.86. The van der Waals surface area contributed by atoms with Gasteiger partial charge in [-0.1, -0.05) is 24.1 Å². The van der Waals surface area contributed by atoms with Gasteiger partial charge < -0.3 is 5.32 Å². The zero-order chi connectivity index (χ0) is 11.1. The van der Waals surface area contributed by atoms with Gasteiger partial charge in [0.15, 0.2) is 0 Å². The van der Waals surface area contributed by atoms with Crippen molar-refractivity contribution in [2.24, 2.45) is 0 Å². The monoisotopic (exact) mass is 236 g/mol. The Morgan fingerprint density at radius 3 is 2.88 bits per heavy atom. The molecule has 1 aromatic carbocycles. The molecule has 1 aliphatic heterocycles. The Labute approximate surface area is 99.2 Å². The first-order valence-corrected chi connectivity index (χ1v) is 5.98. The summed E-state index contributed by atoms with van der Waals surface area (Å²) in [5.74, 6) is 0.0316. The van der Waals surface area contributed by atoms with Gasteiger partial charge in [0.1, 0.15) is 6.04 Å². The molecule has 4 heteroatoms. The number of nitrogens with one attached hydrogen (secondary N) is 2. The second-order valence-corrected chi connectivity index (χ2v) is 4.88. The Morgan fingerprint density at radius 2 is 2.19 bits per heavy atom. The van der Waals surface area contributed by atoms with E-state index in [0.717, 1.165) is 11.3 Å². The van der Waals surface area contributed by atoms with Gasteiger partial charge in [-0.25, -0.2) is 0 Å². The topological polar surface area (TPSA) is 41.1 Å². The SMILES string of the molecule is O=C1Nc2cc(Cl)ccc2C1NC1CCC1. The van der Waals surface area contributed by atoms with Gasteiger partial charge >= 0.3 is 0 Å². The summed E-state index contributed by atoms with van der Waals surface area (Å²) < 4.78 is 0. The lowest BCUT2D eigenvalue weighted by atomic mass is 9.91. The Morgan fingerprint density at radius 1 is 1.38 bits per heavy atom. The maximum absolute atomic E-state index is 11.8. The van der Waals surface area contributed by atoms with Crippen LogP contribution >= 0.6 is 11.6 Å². The fourth-order valence-electron chi connectivity index (χ4n) is 2.21. The van der Waals surface area contributed by atoms with E-state index < -0.39 is 0 Å². The Kier molecular flexibility index (Phi) is 2.37. The molecule has 3 rings (SSSR count). The summed E-state index contributed by atoms with van der Waals surface area (Å²) in [5.41, 5.74) is 1.86. The number of halogens is 1. The van der Waals surface area contributed by atoms with Crippen molar-refractivity contribution in [3.05, 3.63) is 28.8 Å². The molecule has 2 N–H and O–H groups in total. The van der Waals surface area contributed by atoms with E-state index in [1.165, 1.54) is 19.3 Å². The standard InChI is InChI=1S/C12H13ClN2O/c13-7-4-5-9-10(6-7)15-12(16)11(9)14-8-2-1-3-8/h4-6,8,11,14H,1-3H2,(H,15,16). The maximum Gasteiger partial charge on any atom is 0.246 e. The molecule has 0 spiro atoms. The van der Waals surface area contributed by atoms with Gasteiger partial charge in [-0.3, -0.25) is 10.1 Å². The zero-order valence-corrected chi connectivity index (χ0v) is 9.55. The first kappa shape index (κ1) is 10.1. The highest BCUT2D eigenvalue weighted by Crippen LogP contribution is 2.34. The van der Waals surface area contributed by atoms with Crippen LogP contribution in [0.3, 0.4) is 0 Å². The number of carbonyl (C=O) groups is 1. The lowest BCUT2D eigenvalue weighted by molar-refractivity contribution is -0.118. The van der Waals surface area contributed by atoms with E-state index >= 15 is 0 Å². The van der Waals surface area contributed by atoms with Crippen LogP contribution in [0.15, 0.2) is 18.2 Å². The van der Waals surface area contributed by atoms with Gasteiger partial charge in [-0.2, -0.15) is 0 Å². The van der Waals surface area contributed by atoms with E-state index in [2.05, 4.69) is 10.6 Å². The van der Waals surface area contributed by atoms with E-state index in [1.54, 1.807) is 6.07 Å². The lowest BCUT2D eigenvalue weighted by Gasteiger charge is -2.29. The molecule has 0 radical (unpaired) electrons. The Bertz CT molecular complexity index is 443. The van der Waals surface area contributed by atoms with E-state index in [-0.39, 0.29) is 11.9 Å². The lowest BCUT2D eigenvalue weighted by Crippen LogP contribution is -2.40. The number of carbonyl (C=O) groups excluding carboxylic acids is 1. The number of benzene rings is 1. The average Bonchev–Trinajstić information content (AvgIpc) is 2.47. The fraction of sp³-hybridized carbons (Fsp3) is 0.417. The van der Waals surface area contributed by atoms with Crippen LogP contribution in [0.2, 0.25) is 5.02 Å². The summed E-state index contributed by atoms with van der Waals surface area (Å²) in [6.07, 6.45) is 3.61. The first-order chi connectivity index (χ1) is 7.74. The van der Waals surface area contributed by atoms with Crippen molar-refractivity contribution in [1.29, 1.82) is 0 Å². The molecular weight excluding hydrogens is 224 g/mol. The van der Waals surface area contributed by atoms with E-state index in [9.17, 15) is 4.79 Å². The highest BCUT2D eigenvalue weighted by molar-refractivity contribution is 6.31. The number of rotatable bonds is 2. The molecule has 0 bridgehead atoms. The number of fused-ring (bicyclic) bond motifs is 1. The van der Waals surface area contributed by atoms with Crippen LogP contribution < -0.4 is 10.6 Å². The summed E-state index contributed by atoms with van der Waals surface area (Å²) >= 11 is 5.89. The van der Waals surface area contributed by atoms with Crippen LogP contribution in [0.4, 0.5) is 5.69 Å². The predicted molar refractivity (Wildman–Crippen MR) is 63.6 cm³/mol. The molecule has 1 atom stereocenters. The van der Waals surface area contributed by atoms with Crippen molar-refractivity contribution < 1.29 is 4.79 Å². The second-order valence-electron chi connectivity index (χ2n) is 4.45. The molecule has 3 nitrogen and oxygen atoms in total. The minimum absolute atomic E-state index is 0.0316. The largest absolute Gasteiger partial charge is 0.324 e. The van der Waals surface area contributed by atoms with Crippen molar-refractivity contribution in [2.45, 2.75) is 31.3 Å². The highest BCUT2D eigenvalue weighted by atomic mass is 35.5. The third kappa shape index (κ3) is 1.60. The number of anilines is 1. The van der Waals surface area contributed by atoms with Crippen molar-refractivity contribution >= 4 is 23.2 Å². The zero-order valence-electron chi connectivity index (χ0n) is 8.79. The van der Waals surface area contributed by atoms with Gasteiger partial charge in [-0.05, 0) is 25.0 Å². The number of amides is 1. The highest BCUT2D eigenvalue weighted by Gasteiger charge is 2.33. The molecule has 1 heterocycles. The summed E-state index contributed by atoms with van der Waals surface area (Å²) in [6, 6.07) is 5.86. The van der Waals surface area contributed by atoms with E-state index in [0.29, 0.717) is 11.1 Å². The number of hydrogen-bond donors (Lipinski definition) is 2. The van der Waals surface area contributed by atoms with Crippen molar-refractivity contribution in [3.63, 3.8) is 0 Å². The molecule has 84 valence electrons. The molecule has 1 fully saturated rings. The molecule has 1 amide bonds. The normalized spacial score (nSPS) is 23.8. The third-order valence-electron chi connectivity index (χ3n) is 3.35. The summed E-state index contributed by atoms with van der Waals surface area (Å²) in [7, 11) is 0. The van der Waals surface area contributed by atoms with Crippen LogP contribution in [-0.2, 0) is 4.79 Å². The molecular formula is C12H13ClN2O. The second kappa shape index (κ2) is 3.75. The van der Waals surface area contributed by atoms with Gasteiger partial charge in [0.05, 0.1) is 0 Å². The molecule has 0 saturated heterocycles. The molecule has 2 aliphatic rings. The summed E-state index contributed by atoms with van der Waals surface area (Å²) in [4.78, 5) is 11.8. The summed E-state index contributed by atoms with van der Waals surface area (Å²) in [5, 5.41) is 6.90. The molecule has 1 aliphatic carbocycles. The number of hydrogen-bond acceptors (Lipinski definition) is 2. The van der Waals surface area contributed by atoms with Crippen molar-refractivity contribution in [3.8, 4) is 0 Å². The molecule has 1 aromatic rings. The van der Waals surface area contributed by atoms with Crippen molar-refractivity contribution in [2.75, 3.05) is 5.32 Å². The summed E-state index contributed by atoms with van der Waals surface area (Å²) in [6.45, 7) is 0. The predicted octanol–water partition coefficient (Wildman–Crippen LogP) is 2.48. The minimum atomic E-state index is -0.197. The minimum Gasteiger partial charge on any atom is -0.324 e. The van der Waals surface area contributed by atoms with Gasteiger partial charge in [0.2, 0.25) is 5.91 Å². The third-order valence-corrected chi connectivity index (χ3v) is 3.59. The first-order valence-electron chi connectivity index (χ1n) is 5.60. The quantitative estimate of drug-likeness (QED) is 0.828.